The van der Waals surface area contributed by atoms with Gasteiger partial charge in [0.1, 0.15) is 11.6 Å². The number of pyridine rings is 2. The van der Waals surface area contributed by atoms with Gasteiger partial charge < -0.3 is 15.4 Å². The van der Waals surface area contributed by atoms with E-state index in [0.29, 0.717) is 30.3 Å². The maximum absolute atomic E-state index is 12.8. The van der Waals surface area contributed by atoms with Crippen LogP contribution in [0.1, 0.15) is 28.9 Å². The van der Waals surface area contributed by atoms with Gasteiger partial charge in [0.05, 0.1) is 18.4 Å². The van der Waals surface area contributed by atoms with E-state index in [1.54, 1.807) is 13.3 Å². The highest BCUT2D eigenvalue weighted by Crippen LogP contribution is 2.30. The second kappa shape index (κ2) is 9.39. The number of ether oxygens (including phenoxy) is 1. The first-order valence-corrected chi connectivity index (χ1v) is 10.3. The van der Waals surface area contributed by atoms with Gasteiger partial charge in [0.25, 0.3) is 5.91 Å². The van der Waals surface area contributed by atoms with E-state index in [0.717, 1.165) is 29.2 Å². The van der Waals surface area contributed by atoms with E-state index < -0.39 is 0 Å². The topological polar surface area (TPSA) is 76.1 Å². The first-order chi connectivity index (χ1) is 14.7. The van der Waals surface area contributed by atoms with Crippen LogP contribution in [0.4, 0.5) is 5.82 Å². The molecule has 1 aromatic carbocycles. The molecule has 6 nitrogen and oxygen atoms in total. The number of carbonyl (C=O) groups is 1. The number of hydrogen-bond acceptors (Lipinski definition) is 5. The molecule has 0 saturated heterocycles. The second-order valence-corrected chi connectivity index (χ2v) is 7.48. The van der Waals surface area contributed by atoms with Crippen LogP contribution in [-0.4, -0.2) is 36.1 Å². The monoisotopic (exact) mass is 402 g/mol. The second-order valence-electron chi connectivity index (χ2n) is 7.48. The molecule has 2 N–H and O–H groups in total. The Bertz CT molecular complexity index is 1000. The van der Waals surface area contributed by atoms with Crippen LogP contribution in [0, 0.1) is 5.92 Å². The number of carbonyl (C=O) groups excluding carboxylic acids is 1. The molecule has 2 aromatic heterocycles. The van der Waals surface area contributed by atoms with Crippen molar-refractivity contribution in [1.29, 1.82) is 0 Å². The molecule has 1 aliphatic rings. The number of anilines is 1. The lowest BCUT2D eigenvalue weighted by molar-refractivity contribution is 0.0954. The maximum atomic E-state index is 12.8. The van der Waals surface area contributed by atoms with Crippen molar-refractivity contribution in [1.82, 2.24) is 15.3 Å². The Hall–Kier alpha value is -3.41. The highest BCUT2D eigenvalue weighted by atomic mass is 16.5. The SMILES string of the molecule is COc1cccc(-c2ccc(C(=O)NCCc3ccccn3)c(NCC3CC3)n2)c1. The van der Waals surface area contributed by atoms with Gasteiger partial charge in [0, 0.05) is 37.0 Å². The first kappa shape index (κ1) is 19.9. The molecule has 6 heteroatoms. The average molecular weight is 402 g/mol. The Morgan fingerprint density at radius 2 is 2.03 bits per heavy atom. The van der Waals surface area contributed by atoms with Gasteiger partial charge in [0.15, 0.2) is 0 Å². The summed E-state index contributed by atoms with van der Waals surface area (Å²) in [5.74, 6) is 1.94. The van der Waals surface area contributed by atoms with E-state index in [-0.39, 0.29) is 5.91 Å². The number of rotatable bonds is 9. The van der Waals surface area contributed by atoms with Crippen molar-refractivity contribution in [2.45, 2.75) is 19.3 Å². The fourth-order valence-corrected chi connectivity index (χ4v) is 3.23. The van der Waals surface area contributed by atoms with Gasteiger partial charge in [0.2, 0.25) is 0 Å². The summed E-state index contributed by atoms with van der Waals surface area (Å²) in [4.78, 5) is 21.9. The van der Waals surface area contributed by atoms with Crippen LogP contribution in [0.25, 0.3) is 11.3 Å². The minimum absolute atomic E-state index is 0.131. The zero-order valence-corrected chi connectivity index (χ0v) is 17.1. The van der Waals surface area contributed by atoms with E-state index in [2.05, 4.69) is 15.6 Å². The smallest absolute Gasteiger partial charge is 0.255 e. The van der Waals surface area contributed by atoms with Crippen molar-refractivity contribution in [2.24, 2.45) is 5.92 Å². The Balaban J connectivity index is 1.50. The Morgan fingerprint density at radius 3 is 2.80 bits per heavy atom. The molecular formula is C24H26N4O2. The summed E-state index contributed by atoms with van der Waals surface area (Å²) in [5.41, 5.74) is 3.27. The quantitative estimate of drug-likeness (QED) is 0.567. The minimum atomic E-state index is -0.131. The number of hydrogen-bond donors (Lipinski definition) is 2. The van der Waals surface area contributed by atoms with Gasteiger partial charge in [-0.05, 0) is 55.2 Å². The molecule has 1 saturated carbocycles. The molecule has 0 bridgehead atoms. The lowest BCUT2D eigenvalue weighted by Gasteiger charge is -2.13. The van der Waals surface area contributed by atoms with Crippen LogP contribution < -0.4 is 15.4 Å². The third-order valence-corrected chi connectivity index (χ3v) is 5.15. The van der Waals surface area contributed by atoms with Gasteiger partial charge >= 0.3 is 0 Å². The Morgan fingerprint density at radius 1 is 1.13 bits per heavy atom. The third-order valence-electron chi connectivity index (χ3n) is 5.15. The predicted octanol–water partition coefficient (Wildman–Crippen LogP) is 3.95. The molecule has 0 aliphatic heterocycles. The Labute approximate surface area is 176 Å². The van der Waals surface area contributed by atoms with E-state index in [1.165, 1.54) is 12.8 Å². The summed E-state index contributed by atoms with van der Waals surface area (Å²) in [7, 11) is 1.65. The molecule has 0 spiro atoms. The molecular weight excluding hydrogens is 376 g/mol. The minimum Gasteiger partial charge on any atom is -0.497 e. The van der Waals surface area contributed by atoms with Gasteiger partial charge in [-0.1, -0.05) is 18.2 Å². The van der Waals surface area contributed by atoms with Crippen molar-refractivity contribution < 1.29 is 9.53 Å². The zero-order chi connectivity index (χ0) is 20.8. The fourth-order valence-electron chi connectivity index (χ4n) is 3.23. The maximum Gasteiger partial charge on any atom is 0.255 e. The van der Waals surface area contributed by atoms with Crippen LogP contribution in [-0.2, 0) is 6.42 Å². The number of nitrogens with one attached hydrogen (secondary N) is 2. The molecule has 0 atom stereocenters. The largest absolute Gasteiger partial charge is 0.497 e. The highest BCUT2D eigenvalue weighted by Gasteiger charge is 2.22. The average Bonchev–Trinajstić information content (AvgIpc) is 3.63. The Kier molecular flexibility index (Phi) is 6.23. The molecule has 30 heavy (non-hydrogen) atoms. The number of aromatic nitrogens is 2. The number of amides is 1. The molecule has 1 fully saturated rings. The fraction of sp³-hybridized carbons (Fsp3) is 0.292. The number of benzene rings is 1. The standard InChI is InChI=1S/C24H26N4O2/c1-30-20-7-4-5-18(15-20)22-11-10-21(23(28-22)27-16-17-8-9-17)24(29)26-14-12-19-6-2-3-13-25-19/h2-7,10-11,13,15,17H,8-9,12,14,16H2,1H3,(H,26,29)(H,27,28). The van der Waals surface area contributed by atoms with Crippen LogP contribution in [0.5, 0.6) is 5.75 Å². The van der Waals surface area contributed by atoms with Gasteiger partial charge in [-0.3, -0.25) is 9.78 Å². The number of methoxy groups -OCH3 is 1. The molecule has 2 heterocycles. The molecule has 4 rings (SSSR count). The van der Waals surface area contributed by atoms with Gasteiger partial charge in [-0.25, -0.2) is 4.98 Å². The van der Waals surface area contributed by atoms with E-state index in [4.69, 9.17) is 9.72 Å². The number of nitrogens with zero attached hydrogens (tertiary/aromatic N) is 2. The highest BCUT2D eigenvalue weighted by molar-refractivity contribution is 5.99. The van der Waals surface area contributed by atoms with Crippen LogP contribution in [0.3, 0.4) is 0 Å². The molecule has 1 amide bonds. The van der Waals surface area contributed by atoms with Crippen LogP contribution in [0.15, 0.2) is 60.8 Å². The van der Waals surface area contributed by atoms with E-state index in [9.17, 15) is 4.79 Å². The summed E-state index contributed by atoms with van der Waals surface area (Å²) >= 11 is 0. The van der Waals surface area contributed by atoms with Crippen molar-refractivity contribution >= 4 is 11.7 Å². The molecule has 3 aromatic rings. The lowest BCUT2D eigenvalue weighted by Crippen LogP contribution is -2.27. The molecule has 154 valence electrons. The summed E-state index contributed by atoms with van der Waals surface area (Å²) < 4.78 is 5.32. The third kappa shape index (κ3) is 5.14. The zero-order valence-electron chi connectivity index (χ0n) is 17.1. The summed E-state index contributed by atoms with van der Waals surface area (Å²) in [5, 5.41) is 6.38. The van der Waals surface area contributed by atoms with Crippen molar-refractivity contribution in [3.63, 3.8) is 0 Å². The van der Waals surface area contributed by atoms with E-state index in [1.807, 2.05) is 54.6 Å². The predicted molar refractivity (Wildman–Crippen MR) is 118 cm³/mol. The summed E-state index contributed by atoms with van der Waals surface area (Å²) in [6.45, 7) is 1.36. The summed E-state index contributed by atoms with van der Waals surface area (Å²) in [6, 6.07) is 17.3. The van der Waals surface area contributed by atoms with Crippen LogP contribution >= 0.6 is 0 Å². The van der Waals surface area contributed by atoms with E-state index >= 15 is 0 Å². The van der Waals surface area contributed by atoms with Gasteiger partial charge in [-0.15, -0.1) is 0 Å². The van der Waals surface area contributed by atoms with Crippen LogP contribution in [0.2, 0.25) is 0 Å². The molecule has 0 radical (unpaired) electrons. The normalized spacial score (nSPS) is 13.0. The molecule has 0 unspecified atom stereocenters. The molecule has 1 aliphatic carbocycles. The van der Waals surface area contributed by atoms with Crippen molar-refractivity contribution in [3.05, 3.63) is 72.1 Å². The van der Waals surface area contributed by atoms with Crippen molar-refractivity contribution in [3.8, 4) is 17.0 Å². The lowest BCUT2D eigenvalue weighted by atomic mass is 10.1. The van der Waals surface area contributed by atoms with Gasteiger partial charge in [-0.2, -0.15) is 0 Å². The first-order valence-electron chi connectivity index (χ1n) is 10.3. The summed E-state index contributed by atoms with van der Waals surface area (Å²) in [6.07, 6.45) is 4.91. The van der Waals surface area contributed by atoms with Crippen molar-refractivity contribution in [2.75, 3.05) is 25.5 Å².